The quantitative estimate of drug-likeness (QED) is 0.611. The van der Waals surface area contributed by atoms with E-state index in [9.17, 15) is 9.59 Å². The summed E-state index contributed by atoms with van der Waals surface area (Å²) in [6, 6.07) is -1.58. The molecule has 2 unspecified atom stereocenters. The molecule has 1 aliphatic rings. The molecule has 1 heterocycles. The Labute approximate surface area is 99.5 Å². The van der Waals surface area contributed by atoms with Crippen LogP contribution in [0.2, 0.25) is 0 Å². The van der Waals surface area contributed by atoms with Gasteiger partial charge in [-0.2, -0.15) is 0 Å². The number of urea groups is 1. The number of ether oxygens (including phenoxy) is 2. The molecule has 3 N–H and O–H groups in total. The summed E-state index contributed by atoms with van der Waals surface area (Å²) < 4.78 is 9.89. The van der Waals surface area contributed by atoms with E-state index in [1.165, 1.54) is 7.11 Å². The summed E-state index contributed by atoms with van der Waals surface area (Å²) in [5.41, 5.74) is -0.430. The highest BCUT2D eigenvalue weighted by atomic mass is 16.5. The van der Waals surface area contributed by atoms with E-state index < -0.39 is 23.6 Å². The highest BCUT2D eigenvalue weighted by Gasteiger charge is 2.32. The molecule has 17 heavy (non-hydrogen) atoms. The SMILES string of the molecule is COCC(NC(=O)NC1(C)CCOC1)C(=O)O. The molecule has 98 valence electrons. The van der Waals surface area contributed by atoms with E-state index in [1.54, 1.807) is 0 Å². The number of hydrogen-bond acceptors (Lipinski definition) is 4. The number of aliphatic carboxylic acids is 1. The maximum Gasteiger partial charge on any atom is 0.328 e. The molecule has 0 aliphatic carbocycles. The average Bonchev–Trinajstić information content (AvgIpc) is 2.63. The Kier molecular flexibility index (Phi) is 4.71. The van der Waals surface area contributed by atoms with Crippen LogP contribution in [-0.2, 0) is 14.3 Å². The van der Waals surface area contributed by atoms with Crippen molar-refractivity contribution in [1.82, 2.24) is 10.6 Å². The monoisotopic (exact) mass is 246 g/mol. The fraction of sp³-hybridized carbons (Fsp3) is 0.800. The molecule has 1 saturated heterocycles. The number of carbonyl (C=O) groups excluding carboxylic acids is 1. The van der Waals surface area contributed by atoms with Gasteiger partial charge < -0.3 is 25.2 Å². The zero-order valence-corrected chi connectivity index (χ0v) is 9.99. The number of hydrogen-bond donors (Lipinski definition) is 3. The minimum Gasteiger partial charge on any atom is -0.480 e. The van der Waals surface area contributed by atoms with Crippen molar-refractivity contribution in [3.63, 3.8) is 0 Å². The summed E-state index contributed by atoms with van der Waals surface area (Å²) in [7, 11) is 1.38. The predicted molar refractivity (Wildman–Crippen MR) is 58.8 cm³/mol. The molecule has 7 heteroatoms. The van der Waals surface area contributed by atoms with Gasteiger partial charge in [0.1, 0.15) is 0 Å². The van der Waals surface area contributed by atoms with E-state index in [0.29, 0.717) is 19.6 Å². The first-order chi connectivity index (χ1) is 7.97. The van der Waals surface area contributed by atoms with Crippen molar-refractivity contribution in [3.05, 3.63) is 0 Å². The second-order valence-electron chi connectivity index (χ2n) is 4.31. The summed E-state index contributed by atoms with van der Waals surface area (Å²) >= 11 is 0. The summed E-state index contributed by atoms with van der Waals surface area (Å²) in [6.07, 6.45) is 0.711. The molecular formula is C10H18N2O5. The van der Waals surface area contributed by atoms with Crippen LogP contribution in [-0.4, -0.2) is 55.6 Å². The van der Waals surface area contributed by atoms with Gasteiger partial charge in [0, 0.05) is 13.7 Å². The lowest BCUT2D eigenvalue weighted by Gasteiger charge is -2.24. The van der Waals surface area contributed by atoms with Gasteiger partial charge in [0.05, 0.1) is 18.8 Å². The molecule has 0 aromatic carbocycles. The lowest BCUT2D eigenvalue weighted by molar-refractivity contribution is -0.140. The van der Waals surface area contributed by atoms with Gasteiger partial charge >= 0.3 is 12.0 Å². The molecule has 0 aromatic heterocycles. The Hall–Kier alpha value is -1.34. The fourth-order valence-electron chi connectivity index (χ4n) is 1.58. The molecule has 1 aliphatic heterocycles. The van der Waals surface area contributed by atoms with Crippen LogP contribution in [0.5, 0.6) is 0 Å². The van der Waals surface area contributed by atoms with E-state index in [4.69, 9.17) is 14.6 Å². The molecule has 7 nitrogen and oxygen atoms in total. The Morgan fingerprint density at radius 3 is 2.76 bits per heavy atom. The summed E-state index contributed by atoms with van der Waals surface area (Å²) in [6.45, 7) is 2.81. The third-order valence-electron chi connectivity index (χ3n) is 2.57. The molecule has 2 amide bonds. The van der Waals surface area contributed by atoms with Gasteiger partial charge in [-0.3, -0.25) is 0 Å². The molecule has 0 saturated carbocycles. The molecule has 1 rings (SSSR count). The smallest absolute Gasteiger partial charge is 0.328 e. The van der Waals surface area contributed by atoms with Crippen molar-refractivity contribution in [3.8, 4) is 0 Å². The van der Waals surface area contributed by atoms with E-state index in [2.05, 4.69) is 10.6 Å². The highest BCUT2D eigenvalue weighted by molar-refractivity contribution is 5.83. The van der Waals surface area contributed by atoms with Crippen molar-refractivity contribution in [1.29, 1.82) is 0 Å². The Balaban J connectivity index is 2.44. The maximum absolute atomic E-state index is 11.6. The van der Waals surface area contributed by atoms with Crippen molar-refractivity contribution in [2.75, 3.05) is 26.9 Å². The van der Waals surface area contributed by atoms with Crippen molar-refractivity contribution in [2.45, 2.75) is 24.9 Å². The third-order valence-corrected chi connectivity index (χ3v) is 2.57. The van der Waals surface area contributed by atoms with Crippen LogP contribution in [0.25, 0.3) is 0 Å². The number of rotatable bonds is 5. The van der Waals surface area contributed by atoms with Crippen molar-refractivity contribution < 1.29 is 24.2 Å². The lowest BCUT2D eigenvalue weighted by atomic mass is 10.0. The largest absolute Gasteiger partial charge is 0.480 e. The van der Waals surface area contributed by atoms with Crippen LogP contribution >= 0.6 is 0 Å². The molecule has 0 spiro atoms. The van der Waals surface area contributed by atoms with Gasteiger partial charge in [0.2, 0.25) is 0 Å². The number of carbonyl (C=O) groups is 2. The Morgan fingerprint density at radius 2 is 2.29 bits per heavy atom. The van der Waals surface area contributed by atoms with Gasteiger partial charge in [0.15, 0.2) is 6.04 Å². The van der Waals surface area contributed by atoms with Gasteiger partial charge in [-0.1, -0.05) is 0 Å². The van der Waals surface area contributed by atoms with Crippen molar-refractivity contribution >= 4 is 12.0 Å². The number of carboxylic acids is 1. The van der Waals surface area contributed by atoms with E-state index >= 15 is 0 Å². The first kappa shape index (κ1) is 13.7. The summed E-state index contributed by atoms with van der Waals surface area (Å²) in [4.78, 5) is 22.4. The molecule has 0 bridgehead atoms. The van der Waals surface area contributed by atoms with Crippen LogP contribution in [0.15, 0.2) is 0 Å². The lowest BCUT2D eigenvalue weighted by Crippen LogP contribution is -2.55. The second kappa shape index (κ2) is 5.83. The Morgan fingerprint density at radius 1 is 1.59 bits per heavy atom. The van der Waals surface area contributed by atoms with Crippen LogP contribution in [0.1, 0.15) is 13.3 Å². The second-order valence-corrected chi connectivity index (χ2v) is 4.31. The molecule has 2 atom stereocenters. The molecule has 1 fully saturated rings. The fourth-order valence-corrected chi connectivity index (χ4v) is 1.58. The Bertz CT molecular complexity index is 288. The van der Waals surface area contributed by atoms with E-state index in [0.717, 1.165) is 0 Å². The predicted octanol–water partition coefficient (Wildman–Crippen LogP) is -0.436. The molecule has 0 radical (unpaired) electrons. The molecular weight excluding hydrogens is 228 g/mol. The van der Waals surface area contributed by atoms with Crippen LogP contribution < -0.4 is 10.6 Å². The van der Waals surface area contributed by atoms with Crippen LogP contribution in [0.3, 0.4) is 0 Å². The van der Waals surface area contributed by atoms with E-state index in [-0.39, 0.29) is 6.61 Å². The van der Waals surface area contributed by atoms with Crippen molar-refractivity contribution in [2.24, 2.45) is 0 Å². The first-order valence-corrected chi connectivity index (χ1v) is 5.35. The summed E-state index contributed by atoms with van der Waals surface area (Å²) in [5.74, 6) is -1.13. The van der Waals surface area contributed by atoms with Gasteiger partial charge in [0.25, 0.3) is 0 Å². The minimum absolute atomic E-state index is 0.0734. The number of nitrogens with one attached hydrogen (secondary N) is 2. The zero-order valence-electron chi connectivity index (χ0n) is 9.99. The number of amides is 2. The third kappa shape index (κ3) is 4.20. The highest BCUT2D eigenvalue weighted by Crippen LogP contribution is 2.16. The zero-order chi connectivity index (χ0) is 12.9. The molecule has 0 aromatic rings. The number of methoxy groups -OCH3 is 1. The van der Waals surface area contributed by atoms with Gasteiger partial charge in [-0.15, -0.1) is 0 Å². The minimum atomic E-state index is -1.13. The van der Waals surface area contributed by atoms with E-state index in [1.807, 2.05) is 6.92 Å². The van der Waals surface area contributed by atoms with Crippen LogP contribution in [0, 0.1) is 0 Å². The topological polar surface area (TPSA) is 96.9 Å². The first-order valence-electron chi connectivity index (χ1n) is 5.35. The van der Waals surface area contributed by atoms with Crippen LogP contribution in [0.4, 0.5) is 4.79 Å². The standard InChI is InChI=1S/C10H18N2O5/c1-10(3-4-17-6-10)12-9(15)11-7(5-16-2)8(13)14/h7H,3-6H2,1-2H3,(H,13,14)(H2,11,12,15). The van der Waals surface area contributed by atoms with Gasteiger partial charge in [-0.25, -0.2) is 9.59 Å². The normalized spacial score (nSPS) is 25.3. The average molecular weight is 246 g/mol. The number of carboxylic acid groups (broad SMARTS) is 1. The maximum atomic E-state index is 11.6. The summed E-state index contributed by atoms with van der Waals surface area (Å²) in [5, 5.41) is 13.9. The van der Waals surface area contributed by atoms with Gasteiger partial charge in [-0.05, 0) is 13.3 Å².